The van der Waals surface area contributed by atoms with Gasteiger partial charge in [-0.2, -0.15) is 0 Å². The van der Waals surface area contributed by atoms with Crippen molar-refractivity contribution in [3.63, 3.8) is 0 Å². The number of nitrogens with one attached hydrogen (secondary N) is 2. The minimum absolute atomic E-state index is 0.0177. The minimum atomic E-state index is -3.08. The third kappa shape index (κ3) is 4.38. The van der Waals surface area contributed by atoms with Gasteiger partial charge in [-0.3, -0.25) is 9.59 Å². The molecular weight excluding hydrogens is 408 g/mol. The molecular formula is C21H24N2O4S2. The SMILES string of the molecule is Cc1ccc(C(=O)Nc2sc3c(c2C(=O)N[C@H]2CCS(=O)(=O)C2)CCCC3)cc1. The molecule has 1 aromatic heterocycles. The zero-order valence-electron chi connectivity index (χ0n) is 16.3. The number of thiophene rings is 1. The molecule has 6 nitrogen and oxygen atoms in total. The third-order valence-electron chi connectivity index (χ3n) is 5.51. The number of rotatable bonds is 4. The lowest BCUT2D eigenvalue weighted by Crippen LogP contribution is -2.36. The molecule has 0 unspecified atom stereocenters. The van der Waals surface area contributed by atoms with Crippen LogP contribution in [0.3, 0.4) is 0 Å². The summed E-state index contributed by atoms with van der Waals surface area (Å²) in [6, 6.07) is 6.92. The molecule has 1 fully saturated rings. The lowest BCUT2D eigenvalue weighted by atomic mass is 9.95. The van der Waals surface area contributed by atoms with Crippen LogP contribution in [0, 0.1) is 6.92 Å². The van der Waals surface area contributed by atoms with Crippen LogP contribution in [0.4, 0.5) is 5.00 Å². The Morgan fingerprint density at radius 1 is 1.07 bits per heavy atom. The molecule has 2 heterocycles. The number of amides is 2. The molecule has 2 N–H and O–H groups in total. The molecule has 1 aliphatic heterocycles. The molecule has 1 aromatic carbocycles. The molecule has 2 aliphatic rings. The monoisotopic (exact) mass is 432 g/mol. The molecule has 8 heteroatoms. The number of carbonyl (C=O) groups is 2. The first-order valence-corrected chi connectivity index (χ1v) is 12.5. The summed E-state index contributed by atoms with van der Waals surface area (Å²) in [6.45, 7) is 1.96. The largest absolute Gasteiger partial charge is 0.348 e. The van der Waals surface area contributed by atoms with E-state index in [9.17, 15) is 18.0 Å². The molecule has 154 valence electrons. The van der Waals surface area contributed by atoms with Gasteiger partial charge in [-0.1, -0.05) is 17.7 Å². The van der Waals surface area contributed by atoms with E-state index < -0.39 is 9.84 Å². The van der Waals surface area contributed by atoms with Crippen LogP contribution in [0.25, 0.3) is 0 Å². The molecule has 0 radical (unpaired) electrons. The van der Waals surface area contributed by atoms with Gasteiger partial charge in [0.1, 0.15) is 5.00 Å². The molecule has 1 saturated heterocycles. The highest BCUT2D eigenvalue weighted by Crippen LogP contribution is 2.38. The Bertz CT molecular complexity index is 1060. The lowest BCUT2D eigenvalue weighted by molar-refractivity contribution is 0.0941. The maximum absolute atomic E-state index is 13.1. The van der Waals surface area contributed by atoms with Crippen LogP contribution in [0.2, 0.25) is 0 Å². The minimum Gasteiger partial charge on any atom is -0.348 e. The van der Waals surface area contributed by atoms with Crippen molar-refractivity contribution in [2.45, 2.75) is 45.1 Å². The predicted molar refractivity (Wildman–Crippen MR) is 115 cm³/mol. The summed E-state index contributed by atoms with van der Waals surface area (Å²) in [5, 5.41) is 6.37. The van der Waals surface area contributed by atoms with Crippen molar-refractivity contribution < 1.29 is 18.0 Å². The van der Waals surface area contributed by atoms with Gasteiger partial charge in [0.25, 0.3) is 11.8 Å². The quantitative estimate of drug-likeness (QED) is 0.777. The van der Waals surface area contributed by atoms with E-state index in [1.807, 2.05) is 19.1 Å². The average molecular weight is 433 g/mol. The molecule has 0 saturated carbocycles. The Labute approximate surface area is 174 Å². The number of carbonyl (C=O) groups excluding carboxylic acids is 2. The lowest BCUT2D eigenvalue weighted by Gasteiger charge is -2.15. The van der Waals surface area contributed by atoms with Crippen LogP contribution in [-0.4, -0.2) is 37.8 Å². The summed E-state index contributed by atoms with van der Waals surface area (Å²) in [5.41, 5.74) is 3.11. The standard InChI is InChI=1S/C21H24N2O4S2/c1-13-6-8-14(9-7-13)19(24)23-21-18(16-4-2-3-5-17(16)28-21)20(25)22-15-10-11-29(26,27)12-15/h6-9,15H,2-5,10-12H2,1H3,(H,22,25)(H,23,24)/t15-/m0/s1. The van der Waals surface area contributed by atoms with Crippen LogP contribution in [0.1, 0.15) is 56.0 Å². The second-order valence-corrected chi connectivity index (χ2v) is 11.1. The molecule has 1 aliphatic carbocycles. The first kappa shape index (κ1) is 20.1. The van der Waals surface area contributed by atoms with Gasteiger partial charge in [-0.15, -0.1) is 11.3 Å². The molecule has 1 atom stereocenters. The molecule has 2 amide bonds. The van der Waals surface area contributed by atoms with E-state index in [1.165, 1.54) is 11.3 Å². The summed E-state index contributed by atoms with van der Waals surface area (Å²) in [7, 11) is -3.08. The van der Waals surface area contributed by atoms with E-state index in [-0.39, 0.29) is 29.4 Å². The van der Waals surface area contributed by atoms with E-state index in [4.69, 9.17) is 0 Å². The van der Waals surface area contributed by atoms with Crippen LogP contribution >= 0.6 is 11.3 Å². The Hall–Kier alpha value is -2.19. The summed E-state index contributed by atoms with van der Waals surface area (Å²) in [6.07, 6.45) is 4.22. The zero-order chi connectivity index (χ0) is 20.6. The fourth-order valence-electron chi connectivity index (χ4n) is 3.94. The Morgan fingerprint density at radius 2 is 1.79 bits per heavy atom. The molecule has 2 aromatic rings. The third-order valence-corrected chi connectivity index (χ3v) is 8.48. The predicted octanol–water partition coefficient (Wildman–Crippen LogP) is 3.10. The highest BCUT2D eigenvalue weighted by Gasteiger charge is 2.32. The van der Waals surface area contributed by atoms with Gasteiger partial charge in [0.15, 0.2) is 9.84 Å². The Kier molecular flexibility index (Phi) is 5.48. The maximum Gasteiger partial charge on any atom is 0.256 e. The first-order chi connectivity index (χ1) is 13.8. The van der Waals surface area contributed by atoms with Crippen LogP contribution in [0.5, 0.6) is 0 Å². The highest BCUT2D eigenvalue weighted by molar-refractivity contribution is 7.91. The van der Waals surface area contributed by atoms with E-state index in [2.05, 4.69) is 10.6 Å². The second-order valence-electron chi connectivity index (χ2n) is 7.81. The first-order valence-electron chi connectivity index (χ1n) is 9.86. The fourth-order valence-corrected chi connectivity index (χ4v) is 6.90. The van der Waals surface area contributed by atoms with Crippen molar-refractivity contribution >= 4 is 38.0 Å². The molecule has 29 heavy (non-hydrogen) atoms. The summed E-state index contributed by atoms with van der Waals surface area (Å²) < 4.78 is 23.5. The van der Waals surface area contributed by atoms with Gasteiger partial charge in [0, 0.05) is 16.5 Å². The van der Waals surface area contributed by atoms with Gasteiger partial charge < -0.3 is 10.6 Å². The molecule has 0 bridgehead atoms. The van der Waals surface area contributed by atoms with Crippen LogP contribution in [-0.2, 0) is 22.7 Å². The topological polar surface area (TPSA) is 92.3 Å². The van der Waals surface area contributed by atoms with Crippen molar-refractivity contribution in [2.24, 2.45) is 0 Å². The van der Waals surface area contributed by atoms with Crippen LogP contribution < -0.4 is 10.6 Å². The number of hydrogen-bond acceptors (Lipinski definition) is 5. The van der Waals surface area contributed by atoms with Crippen molar-refractivity contribution in [3.8, 4) is 0 Å². The molecule has 0 spiro atoms. The van der Waals surface area contributed by atoms with Crippen molar-refractivity contribution in [1.29, 1.82) is 0 Å². The normalized spacial score (nSPS) is 20.1. The van der Waals surface area contributed by atoms with Crippen molar-refractivity contribution in [3.05, 3.63) is 51.4 Å². The number of sulfone groups is 1. The van der Waals surface area contributed by atoms with E-state index in [1.54, 1.807) is 12.1 Å². The average Bonchev–Trinajstić information content (AvgIpc) is 3.21. The van der Waals surface area contributed by atoms with Gasteiger partial charge in [0.05, 0.1) is 17.1 Å². The Morgan fingerprint density at radius 3 is 2.48 bits per heavy atom. The van der Waals surface area contributed by atoms with Crippen molar-refractivity contribution in [1.82, 2.24) is 5.32 Å². The van der Waals surface area contributed by atoms with Crippen molar-refractivity contribution in [2.75, 3.05) is 16.8 Å². The number of anilines is 1. The smallest absolute Gasteiger partial charge is 0.256 e. The van der Waals surface area contributed by atoms with Gasteiger partial charge >= 0.3 is 0 Å². The zero-order valence-corrected chi connectivity index (χ0v) is 17.9. The summed E-state index contributed by atoms with van der Waals surface area (Å²) in [5.74, 6) is -0.445. The number of fused-ring (bicyclic) bond motifs is 1. The Balaban J connectivity index is 1.60. The number of hydrogen-bond donors (Lipinski definition) is 2. The number of aryl methyl sites for hydroxylation is 2. The van der Waals surface area contributed by atoms with Crippen LogP contribution in [0.15, 0.2) is 24.3 Å². The van der Waals surface area contributed by atoms with Gasteiger partial charge in [-0.25, -0.2) is 8.42 Å². The summed E-state index contributed by atoms with van der Waals surface area (Å²) in [4.78, 5) is 26.9. The molecule has 4 rings (SSSR count). The second kappa shape index (κ2) is 7.91. The number of benzene rings is 1. The van der Waals surface area contributed by atoms with E-state index in [0.717, 1.165) is 41.7 Å². The highest BCUT2D eigenvalue weighted by atomic mass is 32.2. The van der Waals surface area contributed by atoms with E-state index in [0.29, 0.717) is 22.5 Å². The van der Waals surface area contributed by atoms with E-state index >= 15 is 0 Å². The van der Waals surface area contributed by atoms with Gasteiger partial charge in [0.2, 0.25) is 0 Å². The summed E-state index contributed by atoms with van der Waals surface area (Å²) >= 11 is 1.46. The maximum atomic E-state index is 13.1. The fraction of sp³-hybridized carbons (Fsp3) is 0.429. The van der Waals surface area contributed by atoms with Gasteiger partial charge in [-0.05, 0) is 56.7 Å².